The average molecular weight is 302 g/mol. The molecule has 1 amide bonds. The van der Waals surface area contributed by atoms with Crippen molar-refractivity contribution in [3.05, 3.63) is 29.8 Å². The topological polar surface area (TPSA) is 62.6 Å². The van der Waals surface area contributed by atoms with Gasteiger partial charge in [-0.1, -0.05) is 6.07 Å². The number of ether oxygens (including phenoxy) is 2. The summed E-state index contributed by atoms with van der Waals surface area (Å²) < 4.78 is 10.9. The Morgan fingerprint density at radius 3 is 2.73 bits per heavy atom. The molecule has 0 aliphatic rings. The minimum atomic E-state index is -0.142. The average Bonchev–Trinajstić information content (AvgIpc) is 2.50. The third-order valence-electron chi connectivity index (χ3n) is 2.90. The Balaban J connectivity index is 2.79. The zero-order valence-electron chi connectivity index (χ0n) is 13.5. The first-order valence-corrected chi connectivity index (χ1v) is 7.12. The van der Waals surface area contributed by atoms with Crippen LogP contribution >= 0.6 is 0 Å². The van der Waals surface area contributed by atoms with Gasteiger partial charge in [0, 0.05) is 19.7 Å². The molecule has 22 heavy (non-hydrogen) atoms. The molecule has 1 aromatic rings. The molecule has 0 aromatic heterocycles. The fourth-order valence-corrected chi connectivity index (χ4v) is 1.76. The van der Waals surface area contributed by atoms with Gasteiger partial charge in [-0.2, -0.15) is 5.26 Å². The number of hydrogen-bond donors (Lipinski definition) is 0. The van der Waals surface area contributed by atoms with Crippen molar-refractivity contribution in [1.29, 1.82) is 5.26 Å². The van der Waals surface area contributed by atoms with E-state index in [-0.39, 0.29) is 12.0 Å². The lowest BCUT2D eigenvalue weighted by Gasteiger charge is -2.14. The molecule has 0 unspecified atom stereocenters. The lowest BCUT2D eigenvalue weighted by Crippen LogP contribution is -2.25. The summed E-state index contributed by atoms with van der Waals surface area (Å²) in [4.78, 5) is 13.4. The van der Waals surface area contributed by atoms with Crippen LogP contribution in [0.4, 0.5) is 0 Å². The second-order valence-corrected chi connectivity index (χ2v) is 5.08. The smallest absolute Gasteiger partial charge is 0.246 e. The summed E-state index contributed by atoms with van der Waals surface area (Å²) in [6.07, 6.45) is 3.58. The SMILES string of the molecule is COc1cc(C=CC(=O)N(C)CCC#N)ccc1OC(C)C. The molecule has 0 N–H and O–H groups in total. The van der Waals surface area contributed by atoms with E-state index in [4.69, 9.17) is 14.7 Å². The van der Waals surface area contributed by atoms with Crippen LogP contribution in [0.25, 0.3) is 6.08 Å². The van der Waals surface area contributed by atoms with E-state index in [1.807, 2.05) is 38.1 Å². The van der Waals surface area contributed by atoms with Crippen molar-refractivity contribution >= 4 is 12.0 Å². The van der Waals surface area contributed by atoms with Gasteiger partial charge in [-0.15, -0.1) is 0 Å². The lowest BCUT2D eigenvalue weighted by molar-refractivity contribution is -0.124. The van der Waals surface area contributed by atoms with Gasteiger partial charge in [-0.3, -0.25) is 4.79 Å². The van der Waals surface area contributed by atoms with Crippen molar-refractivity contribution in [2.45, 2.75) is 26.4 Å². The molecule has 0 saturated heterocycles. The molecule has 0 fully saturated rings. The van der Waals surface area contributed by atoms with E-state index in [2.05, 4.69) is 0 Å². The number of nitrogens with zero attached hydrogens (tertiary/aromatic N) is 2. The summed E-state index contributed by atoms with van der Waals surface area (Å²) in [6, 6.07) is 7.51. The van der Waals surface area contributed by atoms with Crippen LogP contribution in [0, 0.1) is 11.3 Å². The van der Waals surface area contributed by atoms with E-state index in [0.717, 1.165) is 5.56 Å². The highest BCUT2D eigenvalue weighted by molar-refractivity contribution is 5.91. The predicted molar refractivity (Wildman–Crippen MR) is 85.7 cm³/mol. The number of rotatable bonds is 7. The first-order valence-electron chi connectivity index (χ1n) is 7.12. The number of carbonyl (C=O) groups excluding carboxylic acids is 1. The highest BCUT2D eigenvalue weighted by Gasteiger charge is 2.07. The summed E-state index contributed by atoms with van der Waals surface area (Å²) in [5.74, 6) is 1.16. The first-order chi connectivity index (χ1) is 10.5. The van der Waals surface area contributed by atoms with Crippen molar-refractivity contribution in [1.82, 2.24) is 4.90 Å². The zero-order chi connectivity index (χ0) is 16.5. The van der Waals surface area contributed by atoms with E-state index < -0.39 is 0 Å². The normalized spacial score (nSPS) is 10.5. The molecular weight excluding hydrogens is 280 g/mol. The molecule has 0 bridgehead atoms. The molecule has 0 saturated carbocycles. The van der Waals surface area contributed by atoms with Crippen molar-refractivity contribution in [2.75, 3.05) is 20.7 Å². The van der Waals surface area contributed by atoms with Gasteiger partial charge in [0.15, 0.2) is 11.5 Å². The fourth-order valence-electron chi connectivity index (χ4n) is 1.76. The van der Waals surface area contributed by atoms with Gasteiger partial charge < -0.3 is 14.4 Å². The quantitative estimate of drug-likeness (QED) is 0.727. The summed E-state index contributed by atoms with van der Waals surface area (Å²) in [5.41, 5.74) is 0.843. The van der Waals surface area contributed by atoms with Crippen LogP contribution in [-0.4, -0.2) is 37.6 Å². The molecule has 5 heteroatoms. The summed E-state index contributed by atoms with van der Waals surface area (Å²) in [7, 11) is 3.25. The number of carbonyl (C=O) groups is 1. The molecular formula is C17H22N2O3. The van der Waals surface area contributed by atoms with Gasteiger partial charge in [-0.05, 0) is 37.6 Å². The zero-order valence-corrected chi connectivity index (χ0v) is 13.5. The third-order valence-corrected chi connectivity index (χ3v) is 2.90. The predicted octanol–water partition coefficient (Wildman–Crippen LogP) is 2.87. The molecule has 0 atom stereocenters. The lowest BCUT2D eigenvalue weighted by atomic mass is 10.2. The van der Waals surface area contributed by atoms with E-state index in [1.165, 1.54) is 11.0 Å². The highest BCUT2D eigenvalue weighted by atomic mass is 16.5. The standard InChI is InChI=1S/C17H22N2O3/c1-13(2)22-15-8-6-14(12-16(15)21-4)7-9-17(20)19(3)11-5-10-18/h6-9,12-13H,5,11H2,1-4H3. The van der Waals surface area contributed by atoms with Crippen LogP contribution in [0.15, 0.2) is 24.3 Å². The molecule has 1 rings (SSSR count). The van der Waals surface area contributed by atoms with Crippen molar-refractivity contribution < 1.29 is 14.3 Å². The van der Waals surface area contributed by atoms with Gasteiger partial charge in [0.1, 0.15) is 0 Å². The molecule has 118 valence electrons. The van der Waals surface area contributed by atoms with Crippen LogP contribution in [0.1, 0.15) is 25.8 Å². The molecule has 5 nitrogen and oxygen atoms in total. The van der Waals surface area contributed by atoms with Gasteiger partial charge in [0.25, 0.3) is 0 Å². The third kappa shape index (κ3) is 5.49. The highest BCUT2D eigenvalue weighted by Crippen LogP contribution is 2.29. The minimum absolute atomic E-state index is 0.0608. The summed E-state index contributed by atoms with van der Waals surface area (Å²) >= 11 is 0. The number of likely N-dealkylation sites (N-methyl/N-ethyl adjacent to an activating group) is 1. The van der Waals surface area contributed by atoms with Crippen LogP contribution < -0.4 is 9.47 Å². The summed E-state index contributed by atoms with van der Waals surface area (Å²) in [5, 5.41) is 8.52. The monoisotopic (exact) mass is 302 g/mol. The van der Waals surface area contributed by atoms with Gasteiger partial charge in [0.05, 0.1) is 25.7 Å². The number of amides is 1. The first kappa shape index (κ1) is 17.6. The Morgan fingerprint density at radius 2 is 2.14 bits per heavy atom. The molecule has 0 aliphatic heterocycles. The van der Waals surface area contributed by atoms with Crippen molar-refractivity contribution in [3.63, 3.8) is 0 Å². The van der Waals surface area contributed by atoms with Crippen molar-refractivity contribution in [2.24, 2.45) is 0 Å². The molecule has 0 spiro atoms. The molecule has 0 radical (unpaired) electrons. The largest absolute Gasteiger partial charge is 0.493 e. The number of hydrogen-bond acceptors (Lipinski definition) is 4. The molecule has 0 heterocycles. The maximum absolute atomic E-state index is 11.9. The maximum Gasteiger partial charge on any atom is 0.246 e. The van der Waals surface area contributed by atoms with Gasteiger partial charge >= 0.3 is 0 Å². The Bertz CT molecular complexity index is 574. The van der Waals surface area contributed by atoms with E-state index in [9.17, 15) is 4.79 Å². The fraction of sp³-hybridized carbons (Fsp3) is 0.412. The van der Waals surface area contributed by atoms with Crippen LogP contribution in [0.5, 0.6) is 11.5 Å². The van der Waals surface area contributed by atoms with Crippen LogP contribution in [0.3, 0.4) is 0 Å². The number of methoxy groups -OCH3 is 1. The minimum Gasteiger partial charge on any atom is -0.493 e. The van der Waals surface area contributed by atoms with Crippen molar-refractivity contribution in [3.8, 4) is 17.6 Å². The van der Waals surface area contributed by atoms with Gasteiger partial charge in [0.2, 0.25) is 5.91 Å². The second-order valence-electron chi connectivity index (χ2n) is 5.08. The number of benzene rings is 1. The van der Waals surface area contributed by atoms with E-state index >= 15 is 0 Å². The Morgan fingerprint density at radius 1 is 1.41 bits per heavy atom. The number of nitriles is 1. The summed E-state index contributed by atoms with van der Waals surface area (Å²) in [6.45, 7) is 4.32. The Kier molecular flexibility index (Phi) is 6.97. The van der Waals surface area contributed by atoms with Crippen LogP contribution in [0.2, 0.25) is 0 Å². The van der Waals surface area contributed by atoms with E-state index in [1.54, 1.807) is 20.2 Å². The Labute approximate surface area is 131 Å². The van der Waals surface area contributed by atoms with Gasteiger partial charge in [-0.25, -0.2) is 0 Å². The Hall–Kier alpha value is -2.48. The molecule has 0 aliphatic carbocycles. The maximum atomic E-state index is 11.9. The van der Waals surface area contributed by atoms with E-state index in [0.29, 0.717) is 24.5 Å². The molecule has 1 aromatic carbocycles. The van der Waals surface area contributed by atoms with Crippen LogP contribution in [-0.2, 0) is 4.79 Å². The second kappa shape index (κ2) is 8.73.